The number of H-pyrrole nitrogens is 1. The van der Waals surface area contributed by atoms with Crippen LogP contribution in [0.5, 0.6) is 0 Å². The fourth-order valence-electron chi connectivity index (χ4n) is 4.68. The lowest BCUT2D eigenvalue weighted by Gasteiger charge is -2.12. The maximum absolute atomic E-state index is 11.3. The zero-order valence-electron chi connectivity index (χ0n) is 19.1. The lowest BCUT2D eigenvalue weighted by Crippen LogP contribution is -2.01. The van der Waals surface area contributed by atoms with Crippen molar-refractivity contribution in [2.24, 2.45) is 0 Å². The van der Waals surface area contributed by atoms with E-state index in [0.29, 0.717) is 33.7 Å². The van der Waals surface area contributed by atoms with Crippen molar-refractivity contribution >= 4 is 27.6 Å². The fourth-order valence-corrected chi connectivity index (χ4v) is 4.68. The maximum Gasteiger partial charge on any atom is 0.269 e. The van der Waals surface area contributed by atoms with Crippen LogP contribution in [0.4, 0.5) is 5.69 Å². The maximum atomic E-state index is 11.3. The molecular formula is C28H18N6O2. The Morgan fingerprint density at radius 1 is 1.00 bits per heavy atom. The number of para-hydroxylation sites is 2. The van der Waals surface area contributed by atoms with Gasteiger partial charge in [0.05, 0.1) is 32.9 Å². The van der Waals surface area contributed by atoms with E-state index >= 15 is 0 Å². The highest BCUT2D eigenvalue weighted by atomic mass is 16.6. The molecule has 0 atom stereocenters. The summed E-state index contributed by atoms with van der Waals surface area (Å²) >= 11 is 0. The molecule has 6 aromatic rings. The Balaban J connectivity index is 1.75. The highest BCUT2D eigenvalue weighted by Gasteiger charge is 2.25. The van der Waals surface area contributed by atoms with E-state index in [4.69, 9.17) is 10.1 Å². The van der Waals surface area contributed by atoms with Crippen LogP contribution in [0.2, 0.25) is 0 Å². The van der Waals surface area contributed by atoms with Gasteiger partial charge in [0.2, 0.25) is 0 Å². The summed E-state index contributed by atoms with van der Waals surface area (Å²) in [5, 5.41) is 28.1. The Hall–Kier alpha value is -5.29. The zero-order valence-corrected chi connectivity index (χ0v) is 19.1. The molecule has 0 fully saturated rings. The molecule has 0 aliphatic carbocycles. The van der Waals surface area contributed by atoms with Crippen LogP contribution in [0.1, 0.15) is 11.3 Å². The Labute approximate surface area is 205 Å². The quantitative estimate of drug-likeness (QED) is 0.239. The highest BCUT2D eigenvalue weighted by Crippen LogP contribution is 2.40. The van der Waals surface area contributed by atoms with Crippen molar-refractivity contribution in [1.82, 2.24) is 19.7 Å². The molecule has 0 radical (unpaired) electrons. The normalized spacial score (nSPS) is 11.1. The van der Waals surface area contributed by atoms with E-state index in [0.717, 1.165) is 27.5 Å². The number of nitrogens with zero attached hydrogens (tertiary/aromatic N) is 5. The van der Waals surface area contributed by atoms with Gasteiger partial charge < -0.3 is 4.98 Å². The number of aryl methyl sites for hydroxylation is 1. The standard InChI is InChI=1S/C28H18N6O2/c1-17-25-26(18-11-13-20(14-12-18)34(35)36)22(15-29)27(23-16-30-24-10-6-5-9-21(23)24)31-28(25)33(32-17)19-7-3-2-4-8-19/h2-14,16,30H,1H3. The molecule has 8 heteroatoms. The largest absolute Gasteiger partial charge is 0.360 e. The first-order chi connectivity index (χ1) is 17.6. The highest BCUT2D eigenvalue weighted by molar-refractivity contribution is 6.04. The molecule has 3 aromatic heterocycles. The summed E-state index contributed by atoms with van der Waals surface area (Å²) in [7, 11) is 0. The second kappa shape index (κ2) is 8.18. The van der Waals surface area contributed by atoms with Gasteiger partial charge in [-0.15, -0.1) is 0 Å². The summed E-state index contributed by atoms with van der Waals surface area (Å²) in [5.74, 6) is 0. The number of aromatic amines is 1. The Bertz CT molecular complexity index is 1830. The number of nitro benzene ring substituents is 1. The molecule has 0 saturated heterocycles. The van der Waals surface area contributed by atoms with Crippen molar-refractivity contribution in [2.75, 3.05) is 0 Å². The summed E-state index contributed by atoms with van der Waals surface area (Å²) in [6.45, 7) is 1.88. The van der Waals surface area contributed by atoms with E-state index in [-0.39, 0.29) is 5.69 Å². The summed E-state index contributed by atoms with van der Waals surface area (Å²) in [5.41, 5.74) is 6.10. The monoisotopic (exact) mass is 470 g/mol. The first-order valence-electron chi connectivity index (χ1n) is 11.3. The molecular weight excluding hydrogens is 452 g/mol. The van der Waals surface area contributed by atoms with Crippen LogP contribution >= 0.6 is 0 Å². The number of nitriles is 1. The lowest BCUT2D eigenvalue weighted by molar-refractivity contribution is -0.384. The van der Waals surface area contributed by atoms with E-state index in [1.54, 1.807) is 16.8 Å². The predicted octanol–water partition coefficient (Wildman–Crippen LogP) is 6.32. The van der Waals surface area contributed by atoms with Crippen molar-refractivity contribution in [1.29, 1.82) is 5.26 Å². The molecule has 0 spiro atoms. The number of nitrogens with one attached hydrogen (secondary N) is 1. The van der Waals surface area contributed by atoms with Gasteiger partial charge in [-0.1, -0.05) is 36.4 Å². The molecule has 0 amide bonds. The van der Waals surface area contributed by atoms with Crippen molar-refractivity contribution < 1.29 is 4.92 Å². The van der Waals surface area contributed by atoms with Gasteiger partial charge in [-0.3, -0.25) is 10.1 Å². The summed E-state index contributed by atoms with van der Waals surface area (Å²) in [6, 6.07) is 26.2. The molecule has 6 rings (SSSR count). The van der Waals surface area contributed by atoms with Crippen LogP contribution in [0.3, 0.4) is 0 Å². The second-order valence-electron chi connectivity index (χ2n) is 8.41. The number of non-ortho nitro benzene ring substituents is 1. The SMILES string of the molecule is Cc1nn(-c2ccccc2)c2nc(-c3c[nH]c4ccccc34)c(C#N)c(-c3ccc([N+](=O)[O-])cc3)c12. The van der Waals surface area contributed by atoms with Gasteiger partial charge in [-0.25, -0.2) is 9.67 Å². The number of aromatic nitrogens is 4. The predicted molar refractivity (Wildman–Crippen MR) is 138 cm³/mol. The molecule has 0 aliphatic rings. The van der Waals surface area contributed by atoms with Gasteiger partial charge in [0, 0.05) is 40.4 Å². The molecule has 0 unspecified atom stereocenters. The van der Waals surface area contributed by atoms with Gasteiger partial charge in [0.15, 0.2) is 5.65 Å². The molecule has 36 heavy (non-hydrogen) atoms. The Kier molecular flexibility index (Phi) is 4.83. The Morgan fingerprint density at radius 2 is 1.72 bits per heavy atom. The molecule has 0 saturated carbocycles. The smallest absolute Gasteiger partial charge is 0.269 e. The van der Waals surface area contributed by atoms with E-state index in [9.17, 15) is 15.4 Å². The molecule has 0 bridgehead atoms. The van der Waals surface area contributed by atoms with E-state index < -0.39 is 4.92 Å². The van der Waals surface area contributed by atoms with E-state index in [1.165, 1.54) is 12.1 Å². The molecule has 1 N–H and O–H groups in total. The van der Waals surface area contributed by atoms with Gasteiger partial charge in [-0.2, -0.15) is 10.4 Å². The minimum Gasteiger partial charge on any atom is -0.360 e. The van der Waals surface area contributed by atoms with Gasteiger partial charge in [0.1, 0.15) is 6.07 Å². The third-order valence-corrected chi connectivity index (χ3v) is 6.31. The van der Waals surface area contributed by atoms with Crippen molar-refractivity contribution in [3.05, 3.63) is 106 Å². The number of fused-ring (bicyclic) bond motifs is 2. The fraction of sp³-hybridized carbons (Fsp3) is 0.0357. The number of nitro groups is 1. The minimum atomic E-state index is -0.437. The third kappa shape index (κ3) is 3.22. The number of rotatable bonds is 4. The first kappa shape index (κ1) is 21.3. The first-order valence-corrected chi connectivity index (χ1v) is 11.3. The van der Waals surface area contributed by atoms with E-state index in [1.807, 2.05) is 67.7 Å². The number of pyridine rings is 1. The summed E-state index contributed by atoms with van der Waals surface area (Å²) in [4.78, 5) is 19.1. The molecule has 3 heterocycles. The minimum absolute atomic E-state index is 0.0175. The molecule has 0 aliphatic heterocycles. The van der Waals surface area contributed by atoms with Gasteiger partial charge in [0.25, 0.3) is 5.69 Å². The van der Waals surface area contributed by atoms with Crippen LogP contribution in [0, 0.1) is 28.4 Å². The third-order valence-electron chi connectivity index (χ3n) is 6.31. The van der Waals surface area contributed by atoms with Crippen LogP contribution in [-0.4, -0.2) is 24.7 Å². The molecule has 3 aromatic carbocycles. The summed E-state index contributed by atoms with van der Waals surface area (Å²) in [6.07, 6.45) is 1.86. The van der Waals surface area contributed by atoms with Crippen molar-refractivity contribution in [3.8, 4) is 34.1 Å². The van der Waals surface area contributed by atoms with Crippen LogP contribution in [-0.2, 0) is 0 Å². The molecule has 172 valence electrons. The average Bonchev–Trinajstić information content (AvgIpc) is 3.49. The molecule has 8 nitrogen and oxygen atoms in total. The zero-order chi connectivity index (χ0) is 24.8. The summed E-state index contributed by atoms with van der Waals surface area (Å²) < 4.78 is 1.78. The van der Waals surface area contributed by atoms with Crippen LogP contribution < -0.4 is 0 Å². The van der Waals surface area contributed by atoms with Crippen LogP contribution in [0.25, 0.3) is 50.0 Å². The second-order valence-corrected chi connectivity index (χ2v) is 8.41. The number of hydrogen-bond donors (Lipinski definition) is 1. The number of hydrogen-bond acceptors (Lipinski definition) is 5. The average molecular weight is 470 g/mol. The topological polar surface area (TPSA) is 113 Å². The van der Waals surface area contributed by atoms with Gasteiger partial charge in [-0.05, 0) is 42.8 Å². The lowest BCUT2D eigenvalue weighted by atomic mass is 9.93. The van der Waals surface area contributed by atoms with Crippen LogP contribution in [0.15, 0.2) is 85.1 Å². The van der Waals surface area contributed by atoms with E-state index in [2.05, 4.69) is 11.1 Å². The van der Waals surface area contributed by atoms with Crippen molar-refractivity contribution in [3.63, 3.8) is 0 Å². The van der Waals surface area contributed by atoms with Crippen molar-refractivity contribution in [2.45, 2.75) is 6.92 Å². The number of benzene rings is 3. The van der Waals surface area contributed by atoms with Gasteiger partial charge >= 0.3 is 0 Å². The Morgan fingerprint density at radius 3 is 2.44 bits per heavy atom.